The molecule has 1 aliphatic rings. The maximum absolute atomic E-state index is 12.8. The van der Waals surface area contributed by atoms with Crippen LogP contribution in [0.4, 0.5) is 5.69 Å². The fourth-order valence-corrected chi connectivity index (χ4v) is 3.84. The van der Waals surface area contributed by atoms with E-state index in [1.807, 2.05) is 24.3 Å². The van der Waals surface area contributed by atoms with Gasteiger partial charge in [0.05, 0.1) is 37.4 Å². The molecule has 0 atom stereocenters. The molecule has 1 aliphatic heterocycles. The summed E-state index contributed by atoms with van der Waals surface area (Å²) >= 11 is 0. The van der Waals surface area contributed by atoms with E-state index in [-0.39, 0.29) is 18.1 Å². The number of aromatic amines is 1. The lowest BCUT2D eigenvalue weighted by Crippen LogP contribution is -2.37. The summed E-state index contributed by atoms with van der Waals surface area (Å²) in [6.07, 6.45) is 0.914. The molecule has 1 aromatic heterocycles. The molecular weight excluding hydrogens is 370 g/mol. The average molecular weight is 393 g/mol. The Kier molecular flexibility index (Phi) is 5.22. The number of anilines is 1. The molecule has 2 aromatic carbocycles. The van der Waals surface area contributed by atoms with Gasteiger partial charge in [-0.05, 0) is 29.7 Å². The number of fused-ring (bicyclic) bond motifs is 2. The summed E-state index contributed by atoms with van der Waals surface area (Å²) in [7, 11) is 2.86. The number of hydrogen-bond donors (Lipinski definition) is 2. The standard InChI is InChI=1S/C22H23N3O4/c1-28-17-9-5-8-16-19(17)20(21(23-16)22(27)29-2)24-18(26)13-25-11-10-14-6-3-4-7-15(14)12-25/h3-9,23H,10-13H2,1-2H3,(H,24,26). The maximum atomic E-state index is 12.8. The van der Waals surface area contributed by atoms with Crippen LogP contribution in [-0.4, -0.2) is 49.1 Å². The molecular formula is C22H23N3O4. The van der Waals surface area contributed by atoms with Gasteiger partial charge in [-0.2, -0.15) is 0 Å². The highest BCUT2D eigenvalue weighted by molar-refractivity contribution is 6.13. The average Bonchev–Trinajstić information content (AvgIpc) is 3.11. The zero-order valence-electron chi connectivity index (χ0n) is 16.5. The van der Waals surface area contributed by atoms with E-state index < -0.39 is 5.97 Å². The first-order valence-corrected chi connectivity index (χ1v) is 9.46. The number of nitrogens with zero attached hydrogens (tertiary/aromatic N) is 1. The van der Waals surface area contributed by atoms with Gasteiger partial charge in [0.15, 0.2) is 0 Å². The summed E-state index contributed by atoms with van der Waals surface area (Å²) in [5, 5.41) is 3.55. The molecule has 2 N–H and O–H groups in total. The predicted molar refractivity (Wildman–Crippen MR) is 110 cm³/mol. The number of H-pyrrole nitrogens is 1. The Bertz CT molecular complexity index is 1070. The summed E-state index contributed by atoms with van der Waals surface area (Å²) in [4.78, 5) is 30.2. The van der Waals surface area contributed by atoms with E-state index in [0.717, 1.165) is 19.5 Å². The topological polar surface area (TPSA) is 83.7 Å². The van der Waals surface area contributed by atoms with Crippen LogP contribution in [0.2, 0.25) is 0 Å². The molecule has 0 bridgehead atoms. The zero-order valence-corrected chi connectivity index (χ0v) is 16.5. The first kappa shape index (κ1) is 19.0. The predicted octanol–water partition coefficient (Wildman–Crippen LogP) is 2.96. The van der Waals surface area contributed by atoms with Gasteiger partial charge >= 0.3 is 5.97 Å². The lowest BCUT2D eigenvalue weighted by atomic mass is 10.00. The van der Waals surface area contributed by atoms with Crippen LogP contribution in [0.5, 0.6) is 5.75 Å². The molecule has 0 saturated heterocycles. The van der Waals surface area contributed by atoms with Crippen molar-refractivity contribution in [3.05, 3.63) is 59.3 Å². The van der Waals surface area contributed by atoms with Crippen LogP contribution in [0.15, 0.2) is 42.5 Å². The van der Waals surface area contributed by atoms with Gasteiger partial charge in [0, 0.05) is 13.1 Å². The summed E-state index contributed by atoms with van der Waals surface area (Å²) < 4.78 is 10.3. The van der Waals surface area contributed by atoms with E-state index in [0.29, 0.717) is 22.3 Å². The van der Waals surface area contributed by atoms with Gasteiger partial charge in [-0.1, -0.05) is 30.3 Å². The molecule has 7 heteroatoms. The molecule has 0 spiro atoms. The van der Waals surface area contributed by atoms with Gasteiger partial charge in [0.25, 0.3) is 0 Å². The number of methoxy groups -OCH3 is 2. The number of amides is 1. The van der Waals surface area contributed by atoms with Crippen LogP contribution >= 0.6 is 0 Å². The molecule has 3 aromatic rings. The minimum absolute atomic E-state index is 0.193. The van der Waals surface area contributed by atoms with Crippen molar-refractivity contribution in [2.75, 3.05) is 32.6 Å². The largest absolute Gasteiger partial charge is 0.496 e. The first-order valence-electron chi connectivity index (χ1n) is 9.46. The quantitative estimate of drug-likeness (QED) is 0.651. The van der Waals surface area contributed by atoms with Crippen molar-refractivity contribution in [2.45, 2.75) is 13.0 Å². The third kappa shape index (κ3) is 3.69. The van der Waals surface area contributed by atoms with E-state index in [9.17, 15) is 9.59 Å². The number of ether oxygens (including phenoxy) is 2. The van der Waals surface area contributed by atoms with Crippen LogP contribution in [0.3, 0.4) is 0 Å². The van der Waals surface area contributed by atoms with Crippen LogP contribution < -0.4 is 10.1 Å². The second kappa shape index (κ2) is 7.97. The minimum atomic E-state index is -0.551. The highest BCUT2D eigenvalue weighted by atomic mass is 16.5. The zero-order chi connectivity index (χ0) is 20.4. The van der Waals surface area contributed by atoms with Crippen molar-refractivity contribution in [2.24, 2.45) is 0 Å². The van der Waals surface area contributed by atoms with Crippen molar-refractivity contribution in [1.82, 2.24) is 9.88 Å². The van der Waals surface area contributed by atoms with Crippen molar-refractivity contribution in [3.8, 4) is 5.75 Å². The number of nitrogens with one attached hydrogen (secondary N) is 2. The van der Waals surface area contributed by atoms with Crippen LogP contribution in [0.25, 0.3) is 10.9 Å². The Balaban J connectivity index is 1.58. The number of benzene rings is 2. The number of rotatable bonds is 5. The van der Waals surface area contributed by atoms with Gasteiger partial charge in [0.1, 0.15) is 11.4 Å². The minimum Gasteiger partial charge on any atom is -0.496 e. The lowest BCUT2D eigenvalue weighted by Gasteiger charge is -2.28. The van der Waals surface area contributed by atoms with Crippen molar-refractivity contribution < 1.29 is 19.1 Å². The van der Waals surface area contributed by atoms with Crippen molar-refractivity contribution >= 4 is 28.5 Å². The third-order valence-corrected chi connectivity index (χ3v) is 5.24. The molecule has 0 fully saturated rings. The molecule has 150 valence electrons. The van der Waals surface area contributed by atoms with Crippen LogP contribution in [0, 0.1) is 0 Å². The molecule has 1 amide bonds. The van der Waals surface area contributed by atoms with E-state index in [4.69, 9.17) is 9.47 Å². The monoisotopic (exact) mass is 393 g/mol. The Morgan fingerprint density at radius 2 is 1.90 bits per heavy atom. The summed E-state index contributed by atoms with van der Waals surface area (Å²) in [5.74, 6) is -0.178. The summed E-state index contributed by atoms with van der Waals surface area (Å²) in [6.45, 7) is 1.77. The SMILES string of the molecule is COC(=O)c1[nH]c2cccc(OC)c2c1NC(=O)CN1CCc2ccccc2C1. The van der Waals surface area contributed by atoms with Gasteiger partial charge in [-0.25, -0.2) is 4.79 Å². The molecule has 2 heterocycles. The molecule has 29 heavy (non-hydrogen) atoms. The Hall–Kier alpha value is -3.32. The second-order valence-corrected chi connectivity index (χ2v) is 7.03. The smallest absolute Gasteiger partial charge is 0.356 e. The Morgan fingerprint density at radius 1 is 1.10 bits per heavy atom. The van der Waals surface area contributed by atoms with E-state index in [2.05, 4.69) is 27.3 Å². The lowest BCUT2D eigenvalue weighted by molar-refractivity contribution is -0.117. The van der Waals surface area contributed by atoms with E-state index in [1.54, 1.807) is 13.2 Å². The Labute approximate surface area is 168 Å². The Morgan fingerprint density at radius 3 is 2.66 bits per heavy atom. The maximum Gasteiger partial charge on any atom is 0.356 e. The number of hydrogen-bond acceptors (Lipinski definition) is 5. The van der Waals surface area contributed by atoms with E-state index in [1.165, 1.54) is 18.2 Å². The van der Waals surface area contributed by atoms with Gasteiger partial charge in [-0.3, -0.25) is 9.69 Å². The third-order valence-electron chi connectivity index (χ3n) is 5.24. The summed E-state index contributed by atoms with van der Waals surface area (Å²) in [6, 6.07) is 13.7. The summed E-state index contributed by atoms with van der Waals surface area (Å²) in [5.41, 5.74) is 3.84. The number of esters is 1. The molecule has 0 saturated carbocycles. The second-order valence-electron chi connectivity index (χ2n) is 7.03. The number of carbonyl (C=O) groups is 2. The van der Waals surface area contributed by atoms with Crippen LogP contribution in [-0.2, 0) is 22.5 Å². The van der Waals surface area contributed by atoms with E-state index >= 15 is 0 Å². The molecule has 0 unspecified atom stereocenters. The highest BCUT2D eigenvalue weighted by Gasteiger charge is 2.24. The fourth-order valence-electron chi connectivity index (χ4n) is 3.84. The molecule has 7 nitrogen and oxygen atoms in total. The molecule has 0 aliphatic carbocycles. The van der Waals surface area contributed by atoms with Gasteiger partial charge < -0.3 is 19.8 Å². The molecule has 4 rings (SSSR count). The van der Waals surface area contributed by atoms with Crippen molar-refractivity contribution in [3.63, 3.8) is 0 Å². The first-order chi connectivity index (χ1) is 14.1. The van der Waals surface area contributed by atoms with Crippen molar-refractivity contribution in [1.29, 1.82) is 0 Å². The molecule has 0 radical (unpaired) electrons. The highest BCUT2D eigenvalue weighted by Crippen LogP contribution is 2.35. The number of carbonyl (C=O) groups excluding carboxylic acids is 2. The van der Waals surface area contributed by atoms with Crippen LogP contribution in [0.1, 0.15) is 21.6 Å². The van der Waals surface area contributed by atoms with Gasteiger partial charge in [-0.15, -0.1) is 0 Å². The fraction of sp³-hybridized carbons (Fsp3) is 0.273. The number of aromatic nitrogens is 1. The normalized spacial score (nSPS) is 13.7. The van der Waals surface area contributed by atoms with Gasteiger partial charge in [0.2, 0.25) is 5.91 Å².